The third-order valence-electron chi connectivity index (χ3n) is 10.7. The van der Waals surface area contributed by atoms with E-state index in [2.05, 4.69) is 0 Å². The Morgan fingerprint density at radius 1 is 0.226 bits per heavy atom. The van der Waals surface area contributed by atoms with E-state index in [1.165, 1.54) is 6.92 Å². The van der Waals surface area contributed by atoms with Gasteiger partial charge in [-0.1, -0.05) is 13.8 Å². The molecule has 0 aliphatic rings. The standard InChI is InChI=1S/C10H14F8.C10H16F6.3C7H10F6.C7H12F4/c1-7(11,12)4-6(8(2,13)14)5-10(17,18)9(3,15)16;1-4-10(15,16)6-7(9(3,13)14)5-8(2,11)12;2*1-5(8,9)3-4-7(12,13)6(2,10)11;1-6(10,11)2-3-7(12,13)4-5(8)9;1-3-7(10,11)5-4-6(2,8)9/h6H,4-5H2,1-3H3;7H,4-6H2,1-3H3;2*3-4H2,1-2H3;5H,2-4H2,1H3;3-5H2,1-2H3. The minimum absolute atomic E-state index is 0.0147. The van der Waals surface area contributed by atoms with Gasteiger partial charge in [0.15, 0.2) is 0 Å². The molecule has 0 N–H and O–H groups in total. The molecule has 84 heavy (non-hydrogen) atoms. The lowest BCUT2D eigenvalue weighted by Crippen LogP contribution is -2.43. The van der Waals surface area contributed by atoms with Gasteiger partial charge in [-0.3, -0.25) is 0 Å². The predicted octanol–water partition coefficient (Wildman–Crippen LogP) is 24.3. The molecule has 2 atom stereocenters. The Balaban J connectivity index is -0.000000219. The Bertz CT molecular complexity index is 1670. The van der Waals surface area contributed by atoms with Crippen LogP contribution in [0.4, 0.5) is 158 Å². The van der Waals surface area contributed by atoms with Gasteiger partial charge in [-0.2, -0.15) is 26.3 Å². The normalized spacial score (nSPS) is 15.2. The molecule has 0 radical (unpaired) electrons. The summed E-state index contributed by atoms with van der Waals surface area (Å²) in [7, 11) is 0. The Hall–Kier alpha value is -2.52. The lowest BCUT2D eigenvalue weighted by Gasteiger charge is -2.31. The molecule has 0 aromatic rings. The Kier molecular flexibility index (Phi) is 36.8. The van der Waals surface area contributed by atoms with Gasteiger partial charge in [0.25, 0.3) is 5.92 Å². The highest BCUT2D eigenvalue weighted by Gasteiger charge is 2.57. The SMILES string of the molecule is CC(F)(F)CC(CC(F)(F)C(C)(F)F)C(C)(F)F.CC(F)(F)CCC(F)(F)C(C)(F)F.CC(F)(F)CCC(F)(F)C(C)(F)F.CC(F)(F)CCC(F)(F)CC(F)F.CCC(F)(F)CC(CC(C)(F)F)C(C)(F)F.CCC(F)(F)CCC(C)(F)F. The van der Waals surface area contributed by atoms with E-state index in [-0.39, 0.29) is 41.0 Å². The first kappa shape index (κ1) is 92.6. The fourth-order valence-electron chi connectivity index (χ4n) is 5.22. The highest BCUT2D eigenvalue weighted by atomic mass is 19.4. The third kappa shape index (κ3) is 53.7. The summed E-state index contributed by atoms with van der Waals surface area (Å²) in [6.07, 6.45) is -21.1. The van der Waals surface area contributed by atoms with Gasteiger partial charge in [-0.15, -0.1) is 0 Å². The highest BCUT2D eigenvalue weighted by Crippen LogP contribution is 2.47. The molecular formula is C48H72F36. The van der Waals surface area contributed by atoms with Crippen molar-refractivity contribution in [1.29, 1.82) is 0 Å². The smallest absolute Gasteiger partial charge is 0.210 e. The molecule has 0 bridgehead atoms. The van der Waals surface area contributed by atoms with Gasteiger partial charge in [0.2, 0.25) is 65.7 Å². The largest absolute Gasteiger partial charge is 0.310 e. The zero-order valence-electron chi connectivity index (χ0n) is 47.4. The molecule has 0 aliphatic carbocycles. The van der Waals surface area contributed by atoms with Crippen molar-refractivity contribution in [3.63, 3.8) is 0 Å². The van der Waals surface area contributed by atoms with Gasteiger partial charge in [-0.25, -0.2) is 132 Å². The van der Waals surface area contributed by atoms with Crippen LogP contribution in [-0.4, -0.2) is 107 Å². The first-order chi connectivity index (χ1) is 35.7. The van der Waals surface area contributed by atoms with Crippen molar-refractivity contribution >= 4 is 0 Å². The maximum absolute atomic E-state index is 13.0. The van der Waals surface area contributed by atoms with Crippen molar-refractivity contribution in [2.24, 2.45) is 11.8 Å². The fraction of sp³-hybridized carbons (Fsp3) is 1.00. The summed E-state index contributed by atoms with van der Waals surface area (Å²) in [5, 5.41) is 0. The number of hydrogen-bond donors (Lipinski definition) is 0. The second-order valence-electron chi connectivity index (χ2n) is 21.2. The second-order valence-corrected chi connectivity index (χ2v) is 21.2. The van der Waals surface area contributed by atoms with E-state index >= 15 is 0 Å². The molecule has 0 spiro atoms. The zero-order valence-corrected chi connectivity index (χ0v) is 47.4. The minimum Gasteiger partial charge on any atom is -0.210 e. The average Bonchev–Trinajstić information content (AvgIpc) is 3.17. The third-order valence-corrected chi connectivity index (χ3v) is 10.7. The van der Waals surface area contributed by atoms with E-state index in [1.54, 1.807) is 0 Å². The van der Waals surface area contributed by atoms with Crippen LogP contribution in [0.2, 0.25) is 0 Å². The van der Waals surface area contributed by atoms with E-state index in [4.69, 9.17) is 0 Å². The van der Waals surface area contributed by atoms with Crippen LogP contribution < -0.4 is 0 Å². The average molecular weight is 1330 g/mol. The molecule has 0 amide bonds. The Morgan fingerprint density at radius 3 is 0.643 bits per heavy atom. The number of halogens is 36. The molecule has 516 valence electrons. The van der Waals surface area contributed by atoms with Crippen LogP contribution in [0, 0.1) is 11.8 Å². The summed E-state index contributed by atoms with van der Waals surface area (Å²) in [5.74, 6) is -68.3. The van der Waals surface area contributed by atoms with Crippen LogP contribution in [-0.2, 0) is 0 Å². The molecule has 0 aromatic heterocycles. The number of alkyl halides is 36. The van der Waals surface area contributed by atoms with Crippen molar-refractivity contribution < 1.29 is 158 Å². The van der Waals surface area contributed by atoms with Crippen molar-refractivity contribution in [3.8, 4) is 0 Å². The summed E-state index contributed by atoms with van der Waals surface area (Å²) in [5.41, 5.74) is 0. The van der Waals surface area contributed by atoms with Crippen LogP contribution in [0.1, 0.15) is 186 Å². The molecule has 0 heterocycles. The van der Waals surface area contributed by atoms with Gasteiger partial charge in [0, 0.05) is 122 Å². The van der Waals surface area contributed by atoms with Crippen LogP contribution in [0.15, 0.2) is 0 Å². The van der Waals surface area contributed by atoms with Crippen LogP contribution in [0.3, 0.4) is 0 Å². The number of rotatable bonds is 29. The summed E-state index contributed by atoms with van der Waals surface area (Å²) < 4.78 is 446. The van der Waals surface area contributed by atoms with Gasteiger partial charge < -0.3 is 0 Å². The van der Waals surface area contributed by atoms with Crippen LogP contribution in [0.25, 0.3) is 0 Å². The first-order valence-electron chi connectivity index (χ1n) is 24.4. The van der Waals surface area contributed by atoms with Crippen molar-refractivity contribution in [3.05, 3.63) is 0 Å². The molecule has 0 rings (SSSR count). The van der Waals surface area contributed by atoms with E-state index in [0.717, 1.165) is 6.92 Å². The summed E-state index contributed by atoms with van der Waals surface area (Å²) in [6.45, 7) is 5.55. The van der Waals surface area contributed by atoms with E-state index in [0.29, 0.717) is 41.5 Å². The molecule has 0 fully saturated rings. The topological polar surface area (TPSA) is 0 Å². The Labute approximate surface area is 463 Å². The molecular weight excluding hydrogens is 1260 g/mol. The zero-order chi connectivity index (χ0) is 69.8. The van der Waals surface area contributed by atoms with E-state index in [1.807, 2.05) is 0 Å². The van der Waals surface area contributed by atoms with E-state index in [9.17, 15) is 158 Å². The minimum atomic E-state index is -4.76. The molecule has 0 aliphatic heterocycles. The quantitative estimate of drug-likeness (QED) is 0.0655. The molecule has 0 aromatic carbocycles. The summed E-state index contributed by atoms with van der Waals surface area (Å²) in [6, 6.07) is 0. The van der Waals surface area contributed by atoms with E-state index < -0.39 is 209 Å². The predicted molar refractivity (Wildman–Crippen MR) is 240 cm³/mol. The lowest BCUT2D eigenvalue weighted by atomic mass is 9.88. The molecule has 2 unspecified atom stereocenters. The first-order valence-corrected chi connectivity index (χ1v) is 24.4. The fourth-order valence-corrected chi connectivity index (χ4v) is 5.22. The summed E-state index contributed by atoms with van der Waals surface area (Å²) in [4.78, 5) is 0. The highest BCUT2D eigenvalue weighted by molar-refractivity contribution is 4.89. The van der Waals surface area contributed by atoms with Crippen LogP contribution >= 0.6 is 0 Å². The monoisotopic (exact) mass is 1330 g/mol. The van der Waals surface area contributed by atoms with Gasteiger partial charge in [-0.05, 0) is 55.4 Å². The van der Waals surface area contributed by atoms with Gasteiger partial charge in [0.1, 0.15) is 0 Å². The summed E-state index contributed by atoms with van der Waals surface area (Å²) >= 11 is 0. The van der Waals surface area contributed by atoms with Crippen molar-refractivity contribution in [1.82, 2.24) is 0 Å². The lowest BCUT2D eigenvalue weighted by molar-refractivity contribution is -0.222. The maximum atomic E-state index is 13.0. The number of hydrogen-bond acceptors (Lipinski definition) is 0. The molecule has 0 nitrogen and oxygen atoms in total. The van der Waals surface area contributed by atoms with Gasteiger partial charge >= 0.3 is 35.5 Å². The molecule has 0 saturated heterocycles. The van der Waals surface area contributed by atoms with Crippen molar-refractivity contribution in [2.75, 3.05) is 0 Å². The van der Waals surface area contributed by atoms with Gasteiger partial charge in [0.05, 0.1) is 6.42 Å². The molecule has 0 saturated carbocycles. The maximum Gasteiger partial charge on any atom is 0.310 e. The Morgan fingerprint density at radius 2 is 0.452 bits per heavy atom. The second kappa shape index (κ2) is 33.3. The van der Waals surface area contributed by atoms with Crippen molar-refractivity contribution in [2.45, 2.75) is 293 Å². The van der Waals surface area contributed by atoms with Crippen LogP contribution in [0.5, 0.6) is 0 Å². The molecule has 36 heteroatoms.